The molecular weight excluding hydrogens is 849 g/mol. The van der Waals surface area contributed by atoms with Crippen molar-refractivity contribution in [1.29, 1.82) is 0 Å². The number of benzene rings is 3. The number of halogens is 2. The Morgan fingerprint density at radius 2 is 1.21 bits per heavy atom. The van der Waals surface area contributed by atoms with Crippen LogP contribution in [0.5, 0.6) is 0 Å². The lowest BCUT2D eigenvalue weighted by Crippen LogP contribution is -2.60. The molecule has 63 heavy (non-hydrogen) atoms. The highest BCUT2D eigenvalue weighted by Gasteiger charge is 2.40. The van der Waals surface area contributed by atoms with Crippen LogP contribution in [-0.4, -0.2) is 115 Å². The number of ketones is 1. The lowest BCUT2D eigenvalue weighted by atomic mass is 9.90. The number of aryl methyl sites for hydroxylation is 1. The van der Waals surface area contributed by atoms with E-state index in [4.69, 9.17) is 32.7 Å². The molecule has 1 heterocycles. The molecule has 14 nitrogen and oxygen atoms in total. The summed E-state index contributed by atoms with van der Waals surface area (Å²) in [5, 5.41) is 22.8. The Kier molecular flexibility index (Phi) is 20.0. The molecule has 4 amide bonds. The van der Waals surface area contributed by atoms with E-state index < -0.39 is 65.8 Å². The van der Waals surface area contributed by atoms with E-state index >= 15 is 0 Å². The lowest BCUT2D eigenvalue weighted by Gasteiger charge is -2.30. The Morgan fingerprint density at radius 3 is 1.79 bits per heavy atom. The van der Waals surface area contributed by atoms with Crippen molar-refractivity contribution in [3.8, 4) is 0 Å². The van der Waals surface area contributed by atoms with Gasteiger partial charge in [-0.2, -0.15) is 0 Å². The molecule has 0 saturated carbocycles. The van der Waals surface area contributed by atoms with Crippen LogP contribution in [0, 0.1) is 11.8 Å². The summed E-state index contributed by atoms with van der Waals surface area (Å²) in [5.41, 5.74) is -0.702. The number of nitrogens with one attached hydrogen (secondary N) is 4. The Bertz CT molecular complexity index is 1970. The van der Waals surface area contributed by atoms with E-state index in [1.807, 2.05) is 69.0 Å². The Morgan fingerprint density at radius 1 is 0.698 bits per heavy atom. The number of aliphatic hydroxyl groups is 1. The molecule has 0 radical (unpaired) electrons. The zero-order valence-electron chi connectivity index (χ0n) is 36.7. The Hall–Kier alpha value is -4.86. The lowest BCUT2D eigenvalue weighted by molar-refractivity contribution is -0.144. The fourth-order valence-corrected chi connectivity index (χ4v) is 7.68. The minimum Gasteiger partial charge on any atom is -0.458 e. The zero-order chi connectivity index (χ0) is 46.1. The molecule has 1 fully saturated rings. The average molecular weight is 911 g/mol. The second-order valence-corrected chi connectivity index (χ2v) is 17.8. The first-order valence-corrected chi connectivity index (χ1v) is 22.1. The topological polar surface area (TPSA) is 192 Å². The van der Waals surface area contributed by atoms with Crippen LogP contribution in [0.1, 0.15) is 75.4 Å². The van der Waals surface area contributed by atoms with Crippen molar-refractivity contribution in [2.75, 3.05) is 39.5 Å². The van der Waals surface area contributed by atoms with Crippen molar-refractivity contribution in [2.45, 2.75) is 96.5 Å². The van der Waals surface area contributed by atoms with E-state index in [-0.39, 0.29) is 65.6 Å². The number of amides is 4. The number of esters is 1. The highest BCUT2D eigenvalue weighted by molar-refractivity contribution is 6.39. The first-order valence-electron chi connectivity index (χ1n) is 21.4. The molecule has 3 aromatic carbocycles. The van der Waals surface area contributed by atoms with E-state index in [2.05, 4.69) is 21.3 Å². The molecule has 0 bridgehead atoms. The Labute approximate surface area is 380 Å². The molecule has 0 aliphatic carbocycles. The Balaban J connectivity index is 1.54. The third-order valence-corrected chi connectivity index (χ3v) is 11.1. The van der Waals surface area contributed by atoms with E-state index in [0.29, 0.717) is 38.3 Å². The fourth-order valence-electron chi connectivity index (χ4n) is 7.13. The standard InChI is InChI=1S/C47H61Cl2N5O9/c1-30(2)25-37(42(56)47(5,61)29-63-46(60)41-34(48)17-12-18-35(41)49)51-45(59)39(27-33-15-10-7-11-16-33)53-44(58)38(26-31(3)4)52-43(57)36(20-19-32-13-8-6-9-14-32)50-40(55)28-54-21-23-62-24-22-54/h6-18,30-31,36-39,61H,19-29H2,1-5H3,(H,50,55)(H,51,59)(H,52,57)(H,53,58)/t36-,37?,38?,39-,47+/m0/s1. The predicted molar refractivity (Wildman–Crippen MR) is 241 cm³/mol. The van der Waals surface area contributed by atoms with Crippen molar-refractivity contribution in [2.24, 2.45) is 11.8 Å². The van der Waals surface area contributed by atoms with Crippen molar-refractivity contribution >= 4 is 58.6 Å². The van der Waals surface area contributed by atoms with Crippen molar-refractivity contribution < 1.29 is 43.3 Å². The van der Waals surface area contributed by atoms with Crippen molar-refractivity contribution in [3.05, 3.63) is 106 Å². The summed E-state index contributed by atoms with van der Waals surface area (Å²) >= 11 is 12.3. The molecule has 2 unspecified atom stereocenters. The molecule has 1 aliphatic heterocycles. The maximum Gasteiger partial charge on any atom is 0.341 e. The van der Waals surface area contributed by atoms with Crippen molar-refractivity contribution in [3.63, 3.8) is 0 Å². The molecule has 1 aliphatic rings. The summed E-state index contributed by atoms with van der Waals surface area (Å²) in [6.45, 7) is 10.1. The molecule has 5 atom stereocenters. The number of rotatable bonds is 23. The van der Waals surface area contributed by atoms with Gasteiger partial charge < -0.3 is 35.8 Å². The van der Waals surface area contributed by atoms with Gasteiger partial charge in [-0.25, -0.2) is 4.79 Å². The third-order valence-electron chi connectivity index (χ3n) is 10.5. The number of ether oxygens (including phenoxy) is 2. The number of hydrogen-bond acceptors (Lipinski definition) is 10. The molecular formula is C47H61Cl2N5O9. The highest BCUT2D eigenvalue weighted by Crippen LogP contribution is 2.26. The minimum atomic E-state index is -2.25. The number of carbonyl (C=O) groups excluding carboxylic acids is 6. The number of nitrogens with zero attached hydrogens (tertiary/aromatic N) is 1. The molecule has 5 N–H and O–H groups in total. The molecule has 1 saturated heterocycles. The minimum absolute atomic E-state index is 0.0211. The van der Waals surface area contributed by atoms with Crippen LogP contribution < -0.4 is 21.3 Å². The quantitative estimate of drug-likeness (QED) is 0.0834. The van der Waals surface area contributed by atoms with Crippen LogP contribution in [0.15, 0.2) is 78.9 Å². The highest BCUT2D eigenvalue weighted by atomic mass is 35.5. The second kappa shape index (κ2) is 24.8. The number of Topliss-reactive ketones (excluding diaryl/α,β-unsaturated/α-hetero) is 1. The molecule has 3 aromatic rings. The van der Waals surface area contributed by atoms with Gasteiger partial charge in [0.25, 0.3) is 0 Å². The van der Waals surface area contributed by atoms with E-state index in [9.17, 15) is 33.9 Å². The second-order valence-electron chi connectivity index (χ2n) is 17.0. The van der Waals surface area contributed by atoms with Gasteiger partial charge >= 0.3 is 5.97 Å². The summed E-state index contributed by atoms with van der Waals surface area (Å²) in [6, 6.07) is 18.4. The first-order chi connectivity index (χ1) is 29.9. The molecule has 16 heteroatoms. The molecule has 342 valence electrons. The summed E-state index contributed by atoms with van der Waals surface area (Å²) in [7, 11) is 0. The van der Waals surface area contributed by atoms with Crippen LogP contribution in [0.4, 0.5) is 0 Å². The van der Waals surface area contributed by atoms with Gasteiger partial charge in [0.05, 0.1) is 41.4 Å². The van der Waals surface area contributed by atoms with Crippen LogP contribution in [0.25, 0.3) is 0 Å². The predicted octanol–water partition coefficient (Wildman–Crippen LogP) is 4.71. The molecule has 4 rings (SSSR count). The van der Waals surface area contributed by atoms with E-state index in [1.54, 1.807) is 30.3 Å². The van der Waals surface area contributed by atoms with Gasteiger partial charge in [0.15, 0.2) is 11.4 Å². The fraction of sp³-hybridized carbons (Fsp3) is 0.489. The maximum atomic E-state index is 14.3. The number of hydrogen-bond donors (Lipinski definition) is 5. The summed E-state index contributed by atoms with van der Waals surface area (Å²) < 4.78 is 10.7. The van der Waals surface area contributed by atoms with Gasteiger partial charge in [0.1, 0.15) is 24.7 Å². The summed E-state index contributed by atoms with van der Waals surface area (Å²) in [6.07, 6.45) is 1.08. The zero-order valence-corrected chi connectivity index (χ0v) is 38.2. The van der Waals surface area contributed by atoms with E-state index in [1.165, 1.54) is 19.1 Å². The van der Waals surface area contributed by atoms with Crippen LogP contribution in [0.3, 0.4) is 0 Å². The van der Waals surface area contributed by atoms with Gasteiger partial charge in [0, 0.05) is 19.5 Å². The molecule has 0 spiro atoms. The summed E-state index contributed by atoms with van der Waals surface area (Å²) in [4.78, 5) is 84.8. The van der Waals surface area contributed by atoms with Gasteiger partial charge in [-0.05, 0) is 67.7 Å². The van der Waals surface area contributed by atoms with E-state index in [0.717, 1.165) is 5.56 Å². The number of carbonyl (C=O) groups is 6. The third kappa shape index (κ3) is 16.7. The maximum absolute atomic E-state index is 14.3. The van der Waals surface area contributed by atoms with Gasteiger partial charge in [-0.1, -0.05) is 118 Å². The monoisotopic (exact) mass is 909 g/mol. The smallest absolute Gasteiger partial charge is 0.341 e. The first kappa shape index (κ1) is 50.8. The van der Waals surface area contributed by atoms with Crippen molar-refractivity contribution in [1.82, 2.24) is 26.2 Å². The van der Waals surface area contributed by atoms with Gasteiger partial charge in [-0.3, -0.25) is 28.9 Å². The molecule has 0 aromatic heterocycles. The largest absolute Gasteiger partial charge is 0.458 e. The SMILES string of the molecule is CC(C)CC(NC(=O)[C@H](CCc1ccccc1)NC(=O)CN1CCOCC1)C(=O)N[C@@H](Cc1ccccc1)C(=O)NC(CC(C)C)C(=O)[C@](C)(O)COC(=O)c1c(Cl)cccc1Cl. The summed E-state index contributed by atoms with van der Waals surface area (Å²) in [5.74, 6) is -4.22. The van der Waals surface area contributed by atoms with Crippen LogP contribution in [0.2, 0.25) is 10.0 Å². The average Bonchev–Trinajstić information content (AvgIpc) is 3.24. The van der Waals surface area contributed by atoms with Gasteiger partial charge in [-0.15, -0.1) is 0 Å². The van der Waals surface area contributed by atoms with Gasteiger partial charge in [0.2, 0.25) is 23.6 Å². The van der Waals surface area contributed by atoms with Crippen LogP contribution in [-0.2, 0) is 46.3 Å². The van der Waals surface area contributed by atoms with Crippen LogP contribution >= 0.6 is 23.2 Å². The number of morpholine rings is 1. The normalized spacial score (nSPS) is 15.9.